The number of amides is 2. The number of anilines is 1. The SMILES string of the molecule is COC(=O)c1c(F)cccc1NC(=O)N(Cc1ccccn1)C1CC1. The summed E-state index contributed by atoms with van der Waals surface area (Å²) in [7, 11) is 1.16. The van der Waals surface area contributed by atoms with E-state index in [1.165, 1.54) is 12.1 Å². The maximum absolute atomic E-state index is 14.0. The number of urea groups is 1. The molecule has 1 aromatic carbocycles. The molecule has 0 bridgehead atoms. The highest BCUT2D eigenvalue weighted by Gasteiger charge is 2.33. The average Bonchev–Trinajstić information content (AvgIpc) is 3.45. The van der Waals surface area contributed by atoms with Gasteiger partial charge in [-0.05, 0) is 37.1 Å². The molecule has 1 aromatic heterocycles. The Morgan fingerprint density at radius 2 is 2.08 bits per heavy atom. The van der Waals surface area contributed by atoms with Crippen LogP contribution in [0.25, 0.3) is 0 Å². The zero-order valence-corrected chi connectivity index (χ0v) is 13.7. The summed E-state index contributed by atoms with van der Waals surface area (Å²) in [4.78, 5) is 30.4. The average molecular weight is 343 g/mol. The number of benzene rings is 1. The number of nitrogens with one attached hydrogen (secondary N) is 1. The molecule has 1 aliphatic carbocycles. The molecule has 1 heterocycles. The van der Waals surface area contributed by atoms with Gasteiger partial charge in [0.05, 0.1) is 25.0 Å². The Bertz CT molecular complexity index is 778. The number of hydrogen-bond acceptors (Lipinski definition) is 4. The van der Waals surface area contributed by atoms with Crippen LogP contribution >= 0.6 is 0 Å². The second kappa shape index (κ2) is 7.29. The predicted octanol–water partition coefficient (Wildman–Crippen LogP) is 3.20. The van der Waals surface area contributed by atoms with Gasteiger partial charge in [0.25, 0.3) is 0 Å². The van der Waals surface area contributed by atoms with Crippen molar-refractivity contribution in [1.82, 2.24) is 9.88 Å². The van der Waals surface area contributed by atoms with Crippen LogP contribution < -0.4 is 5.32 Å². The van der Waals surface area contributed by atoms with E-state index in [0.29, 0.717) is 6.54 Å². The molecule has 7 heteroatoms. The fraction of sp³-hybridized carbons (Fsp3) is 0.278. The van der Waals surface area contributed by atoms with E-state index in [1.54, 1.807) is 17.2 Å². The van der Waals surface area contributed by atoms with Crippen molar-refractivity contribution < 1.29 is 18.7 Å². The van der Waals surface area contributed by atoms with E-state index in [0.717, 1.165) is 31.7 Å². The molecule has 0 radical (unpaired) electrons. The van der Waals surface area contributed by atoms with E-state index in [4.69, 9.17) is 0 Å². The van der Waals surface area contributed by atoms with Gasteiger partial charge in [-0.3, -0.25) is 4.98 Å². The molecule has 0 saturated heterocycles. The summed E-state index contributed by atoms with van der Waals surface area (Å²) in [5.41, 5.74) is 0.562. The number of carbonyl (C=O) groups is 2. The summed E-state index contributed by atoms with van der Waals surface area (Å²) in [6.07, 6.45) is 3.49. The molecule has 1 saturated carbocycles. The van der Waals surface area contributed by atoms with Gasteiger partial charge in [-0.15, -0.1) is 0 Å². The van der Waals surface area contributed by atoms with Gasteiger partial charge in [-0.2, -0.15) is 0 Å². The molecular weight excluding hydrogens is 325 g/mol. The Kier molecular flexibility index (Phi) is 4.92. The van der Waals surface area contributed by atoms with Gasteiger partial charge >= 0.3 is 12.0 Å². The summed E-state index contributed by atoms with van der Waals surface area (Å²) < 4.78 is 18.6. The number of hydrogen-bond donors (Lipinski definition) is 1. The third kappa shape index (κ3) is 3.93. The number of halogens is 1. The first-order valence-electron chi connectivity index (χ1n) is 7.94. The highest BCUT2D eigenvalue weighted by molar-refractivity contribution is 6.01. The second-order valence-electron chi connectivity index (χ2n) is 5.76. The van der Waals surface area contributed by atoms with E-state index in [9.17, 15) is 14.0 Å². The summed E-state index contributed by atoms with van der Waals surface area (Å²) in [5, 5.41) is 2.63. The summed E-state index contributed by atoms with van der Waals surface area (Å²) in [6.45, 7) is 0.347. The Labute approximate surface area is 144 Å². The Morgan fingerprint density at radius 3 is 2.72 bits per heavy atom. The minimum absolute atomic E-state index is 0.0866. The third-order valence-electron chi connectivity index (χ3n) is 3.95. The number of pyridine rings is 1. The molecule has 0 aliphatic heterocycles. The van der Waals surface area contributed by atoms with Gasteiger partial charge in [0.2, 0.25) is 0 Å². The monoisotopic (exact) mass is 343 g/mol. The zero-order chi connectivity index (χ0) is 17.8. The van der Waals surface area contributed by atoms with Crippen LogP contribution in [0.2, 0.25) is 0 Å². The van der Waals surface area contributed by atoms with Crippen LogP contribution in [-0.4, -0.2) is 35.0 Å². The molecule has 0 atom stereocenters. The van der Waals surface area contributed by atoms with Crippen molar-refractivity contribution in [2.24, 2.45) is 0 Å². The fourth-order valence-corrected chi connectivity index (χ4v) is 2.54. The number of ether oxygens (including phenoxy) is 1. The van der Waals surface area contributed by atoms with Crippen molar-refractivity contribution in [3.8, 4) is 0 Å². The summed E-state index contributed by atoms with van der Waals surface area (Å²) in [6, 6.07) is 9.27. The van der Waals surface area contributed by atoms with Crippen LogP contribution in [-0.2, 0) is 11.3 Å². The highest BCUT2D eigenvalue weighted by atomic mass is 19.1. The highest BCUT2D eigenvalue weighted by Crippen LogP contribution is 2.29. The molecule has 6 nitrogen and oxygen atoms in total. The normalized spacial score (nSPS) is 13.2. The fourth-order valence-electron chi connectivity index (χ4n) is 2.54. The van der Waals surface area contributed by atoms with Crippen LogP contribution in [0.4, 0.5) is 14.9 Å². The van der Waals surface area contributed by atoms with Gasteiger partial charge in [0.15, 0.2) is 0 Å². The summed E-state index contributed by atoms with van der Waals surface area (Å²) in [5.74, 6) is -1.58. The number of rotatable bonds is 5. The molecule has 3 rings (SSSR count). The molecule has 2 aromatic rings. The van der Waals surface area contributed by atoms with Crippen molar-refractivity contribution in [1.29, 1.82) is 0 Å². The largest absolute Gasteiger partial charge is 0.465 e. The van der Waals surface area contributed by atoms with Crippen molar-refractivity contribution >= 4 is 17.7 Å². The maximum atomic E-state index is 14.0. The number of esters is 1. The Morgan fingerprint density at radius 1 is 1.28 bits per heavy atom. The van der Waals surface area contributed by atoms with Crippen molar-refractivity contribution in [2.75, 3.05) is 12.4 Å². The molecule has 1 fully saturated rings. The Balaban J connectivity index is 1.80. The number of carbonyl (C=O) groups excluding carboxylic acids is 2. The van der Waals surface area contributed by atoms with Crippen molar-refractivity contribution in [3.63, 3.8) is 0 Å². The Hall–Kier alpha value is -2.96. The van der Waals surface area contributed by atoms with Crippen LogP contribution in [0.15, 0.2) is 42.6 Å². The number of aromatic nitrogens is 1. The van der Waals surface area contributed by atoms with E-state index in [1.807, 2.05) is 12.1 Å². The van der Waals surface area contributed by atoms with Crippen LogP contribution in [0.1, 0.15) is 28.9 Å². The lowest BCUT2D eigenvalue weighted by molar-refractivity contribution is 0.0597. The van der Waals surface area contributed by atoms with Gasteiger partial charge < -0.3 is 15.0 Å². The minimum Gasteiger partial charge on any atom is -0.465 e. The van der Waals surface area contributed by atoms with E-state index in [2.05, 4.69) is 15.0 Å². The lowest BCUT2D eigenvalue weighted by Crippen LogP contribution is -2.37. The molecule has 1 N–H and O–H groups in total. The van der Waals surface area contributed by atoms with E-state index in [-0.39, 0.29) is 17.3 Å². The van der Waals surface area contributed by atoms with Gasteiger partial charge in [-0.1, -0.05) is 12.1 Å². The second-order valence-corrected chi connectivity index (χ2v) is 5.76. The molecule has 1 aliphatic rings. The maximum Gasteiger partial charge on any atom is 0.342 e. The molecule has 0 spiro atoms. The zero-order valence-electron chi connectivity index (χ0n) is 13.7. The summed E-state index contributed by atoms with van der Waals surface area (Å²) >= 11 is 0. The van der Waals surface area contributed by atoms with E-state index >= 15 is 0 Å². The third-order valence-corrected chi connectivity index (χ3v) is 3.95. The first kappa shape index (κ1) is 16.9. The smallest absolute Gasteiger partial charge is 0.342 e. The van der Waals surface area contributed by atoms with Gasteiger partial charge in [-0.25, -0.2) is 14.0 Å². The van der Waals surface area contributed by atoms with Crippen LogP contribution in [0.5, 0.6) is 0 Å². The van der Waals surface area contributed by atoms with E-state index < -0.39 is 17.8 Å². The number of methoxy groups -OCH3 is 1. The number of nitrogens with zero attached hydrogens (tertiary/aromatic N) is 2. The lowest BCUT2D eigenvalue weighted by atomic mass is 10.1. The van der Waals surface area contributed by atoms with Crippen molar-refractivity contribution in [2.45, 2.75) is 25.4 Å². The first-order chi connectivity index (χ1) is 12.1. The van der Waals surface area contributed by atoms with Crippen LogP contribution in [0, 0.1) is 5.82 Å². The molecule has 2 amide bonds. The standard InChI is InChI=1S/C18H18FN3O3/c1-25-17(23)16-14(19)6-4-7-15(16)21-18(24)22(13-8-9-13)11-12-5-2-3-10-20-12/h2-7,10,13H,8-9,11H2,1H3,(H,21,24). The lowest BCUT2D eigenvalue weighted by Gasteiger charge is -2.23. The van der Waals surface area contributed by atoms with Gasteiger partial charge in [0, 0.05) is 12.2 Å². The molecule has 130 valence electrons. The molecule has 25 heavy (non-hydrogen) atoms. The minimum atomic E-state index is -0.837. The van der Waals surface area contributed by atoms with Gasteiger partial charge in [0.1, 0.15) is 11.4 Å². The molecular formula is C18H18FN3O3. The van der Waals surface area contributed by atoms with Crippen molar-refractivity contribution in [3.05, 3.63) is 59.7 Å². The first-order valence-corrected chi connectivity index (χ1v) is 7.94. The van der Waals surface area contributed by atoms with Crippen LogP contribution in [0.3, 0.4) is 0 Å². The topological polar surface area (TPSA) is 71.5 Å². The predicted molar refractivity (Wildman–Crippen MR) is 89.6 cm³/mol. The quantitative estimate of drug-likeness (QED) is 0.846. The molecule has 0 unspecified atom stereocenters.